The molecule has 22 heavy (non-hydrogen) atoms. The van der Waals surface area contributed by atoms with Crippen LogP contribution < -0.4 is 0 Å². The quantitative estimate of drug-likeness (QED) is 0.802. The monoisotopic (exact) mass is 309 g/mol. The van der Waals surface area contributed by atoms with Gasteiger partial charge < -0.3 is 0 Å². The van der Waals surface area contributed by atoms with E-state index in [0.29, 0.717) is 0 Å². The molecule has 2 atom stereocenters. The molecule has 9 heteroatoms. The largest absolute Gasteiger partial charge is 0.316 e. The van der Waals surface area contributed by atoms with E-state index in [4.69, 9.17) is 4.84 Å². The van der Waals surface area contributed by atoms with Crippen molar-refractivity contribution in [1.29, 1.82) is 0 Å². The lowest BCUT2D eigenvalue weighted by atomic mass is 10.1. The molecule has 0 bridgehead atoms. The van der Waals surface area contributed by atoms with Gasteiger partial charge in [-0.3, -0.25) is 14.6 Å². The van der Waals surface area contributed by atoms with Crippen LogP contribution in [-0.4, -0.2) is 44.9 Å². The van der Waals surface area contributed by atoms with E-state index in [0.717, 1.165) is 5.06 Å². The number of rotatable bonds is 3. The molecule has 2 aromatic rings. The second-order valence-corrected chi connectivity index (χ2v) is 4.81. The van der Waals surface area contributed by atoms with Crippen molar-refractivity contribution in [3.8, 4) is 0 Å². The van der Waals surface area contributed by atoms with Crippen molar-refractivity contribution < 1.29 is 18.4 Å². The SMILES string of the molecule is CON(C)C(=O)c1nc2n(n1)C(c1ncccc1F)CC2F. The van der Waals surface area contributed by atoms with Crippen LogP contribution in [-0.2, 0) is 4.84 Å². The molecule has 0 aromatic carbocycles. The van der Waals surface area contributed by atoms with Crippen molar-refractivity contribution in [3.05, 3.63) is 41.5 Å². The van der Waals surface area contributed by atoms with Crippen LogP contribution in [0.5, 0.6) is 0 Å². The lowest BCUT2D eigenvalue weighted by Gasteiger charge is -2.12. The van der Waals surface area contributed by atoms with E-state index in [2.05, 4.69) is 15.1 Å². The van der Waals surface area contributed by atoms with Gasteiger partial charge in [-0.05, 0) is 12.1 Å². The number of amides is 1. The van der Waals surface area contributed by atoms with Crippen molar-refractivity contribution in [2.24, 2.45) is 0 Å². The predicted octanol–water partition coefficient (Wildman–Crippen LogP) is 1.45. The highest BCUT2D eigenvalue weighted by Crippen LogP contribution is 2.39. The van der Waals surface area contributed by atoms with Gasteiger partial charge in [0.05, 0.1) is 7.11 Å². The van der Waals surface area contributed by atoms with Gasteiger partial charge >= 0.3 is 5.91 Å². The van der Waals surface area contributed by atoms with Gasteiger partial charge in [-0.1, -0.05) is 0 Å². The van der Waals surface area contributed by atoms with E-state index in [1.165, 1.54) is 37.2 Å². The maximum Gasteiger partial charge on any atom is 0.316 e. The lowest BCUT2D eigenvalue weighted by Crippen LogP contribution is -2.27. The molecule has 1 aliphatic heterocycles. The lowest BCUT2D eigenvalue weighted by molar-refractivity contribution is -0.0764. The number of nitrogens with zero attached hydrogens (tertiary/aromatic N) is 5. The Morgan fingerprint density at radius 3 is 3.00 bits per heavy atom. The molecule has 0 N–H and O–H groups in total. The molecule has 1 amide bonds. The van der Waals surface area contributed by atoms with E-state index >= 15 is 0 Å². The third-order valence-corrected chi connectivity index (χ3v) is 3.52. The molecule has 3 rings (SSSR count). The average Bonchev–Trinajstić information content (AvgIpc) is 3.07. The minimum Gasteiger partial charge on any atom is -0.274 e. The van der Waals surface area contributed by atoms with Gasteiger partial charge in [0.2, 0.25) is 5.82 Å². The fraction of sp³-hybridized carbons (Fsp3) is 0.385. The molecule has 0 radical (unpaired) electrons. The van der Waals surface area contributed by atoms with E-state index in [1.54, 1.807) is 0 Å². The maximum atomic E-state index is 14.1. The summed E-state index contributed by atoms with van der Waals surface area (Å²) in [6.07, 6.45) is -0.0308. The zero-order chi connectivity index (χ0) is 15.9. The highest BCUT2D eigenvalue weighted by Gasteiger charge is 2.38. The zero-order valence-electron chi connectivity index (χ0n) is 11.9. The molecule has 0 aliphatic carbocycles. The van der Waals surface area contributed by atoms with Crippen LogP contribution in [0, 0.1) is 5.82 Å². The fourth-order valence-corrected chi connectivity index (χ4v) is 2.36. The second kappa shape index (κ2) is 5.41. The van der Waals surface area contributed by atoms with Gasteiger partial charge in [0.25, 0.3) is 0 Å². The fourth-order valence-electron chi connectivity index (χ4n) is 2.36. The number of carbonyl (C=O) groups excluding carboxylic acids is 1. The first kappa shape index (κ1) is 14.5. The number of alkyl halides is 1. The Bertz CT molecular complexity index is 720. The van der Waals surface area contributed by atoms with Gasteiger partial charge in [0.1, 0.15) is 17.6 Å². The second-order valence-electron chi connectivity index (χ2n) is 4.81. The summed E-state index contributed by atoms with van der Waals surface area (Å²) < 4.78 is 29.2. The summed E-state index contributed by atoms with van der Waals surface area (Å²) in [7, 11) is 2.70. The van der Waals surface area contributed by atoms with Crippen molar-refractivity contribution in [2.75, 3.05) is 14.2 Å². The highest BCUT2D eigenvalue weighted by molar-refractivity contribution is 5.89. The van der Waals surface area contributed by atoms with E-state index in [-0.39, 0.29) is 23.8 Å². The van der Waals surface area contributed by atoms with Gasteiger partial charge in [-0.25, -0.2) is 23.5 Å². The molecule has 0 spiro atoms. The summed E-state index contributed by atoms with van der Waals surface area (Å²) >= 11 is 0. The van der Waals surface area contributed by atoms with Gasteiger partial charge in [0, 0.05) is 19.7 Å². The Morgan fingerprint density at radius 1 is 1.55 bits per heavy atom. The molecule has 3 heterocycles. The number of aromatic nitrogens is 4. The molecular formula is C13H13F2N5O2. The van der Waals surface area contributed by atoms with Gasteiger partial charge in [-0.15, -0.1) is 5.10 Å². The van der Waals surface area contributed by atoms with Crippen LogP contribution in [0.3, 0.4) is 0 Å². The first-order valence-corrected chi connectivity index (χ1v) is 6.56. The average molecular weight is 309 g/mol. The Labute approximate surface area is 124 Å². The zero-order valence-corrected chi connectivity index (χ0v) is 11.9. The van der Waals surface area contributed by atoms with Crippen LogP contribution >= 0.6 is 0 Å². The normalized spacial score (nSPS) is 20.0. The van der Waals surface area contributed by atoms with E-state index in [1.807, 2.05) is 0 Å². The standard InChI is InChI=1S/C13H13F2N5O2/c1-19(22-2)13(21)11-17-12-8(15)6-9(20(12)18-11)10-7(14)4-3-5-16-10/h3-5,8-9H,6H2,1-2H3. The molecule has 2 aromatic heterocycles. The van der Waals surface area contributed by atoms with Crippen molar-refractivity contribution in [2.45, 2.75) is 18.6 Å². The number of hydrogen-bond acceptors (Lipinski definition) is 5. The Kier molecular flexibility index (Phi) is 3.57. The predicted molar refractivity (Wildman–Crippen MR) is 69.9 cm³/mol. The van der Waals surface area contributed by atoms with Gasteiger partial charge in [-0.2, -0.15) is 0 Å². The van der Waals surface area contributed by atoms with Gasteiger partial charge in [0.15, 0.2) is 12.0 Å². The molecule has 2 unspecified atom stereocenters. The Morgan fingerprint density at radius 2 is 2.32 bits per heavy atom. The third-order valence-electron chi connectivity index (χ3n) is 3.52. The van der Waals surface area contributed by atoms with Crippen LogP contribution in [0.4, 0.5) is 8.78 Å². The smallest absolute Gasteiger partial charge is 0.274 e. The van der Waals surface area contributed by atoms with E-state index < -0.39 is 23.9 Å². The maximum absolute atomic E-state index is 14.1. The summed E-state index contributed by atoms with van der Waals surface area (Å²) in [5.74, 6) is -1.38. The third kappa shape index (κ3) is 2.23. The first-order valence-electron chi connectivity index (χ1n) is 6.56. The Hall–Kier alpha value is -2.42. The van der Waals surface area contributed by atoms with Crippen LogP contribution in [0.25, 0.3) is 0 Å². The number of hydrogen-bond donors (Lipinski definition) is 0. The number of halogens is 2. The highest BCUT2D eigenvalue weighted by atomic mass is 19.1. The molecule has 0 saturated carbocycles. The minimum atomic E-state index is -1.44. The van der Waals surface area contributed by atoms with Crippen molar-refractivity contribution >= 4 is 5.91 Å². The molecule has 0 saturated heterocycles. The van der Waals surface area contributed by atoms with Crippen LogP contribution in [0.2, 0.25) is 0 Å². The first-order chi connectivity index (χ1) is 10.5. The van der Waals surface area contributed by atoms with Crippen molar-refractivity contribution in [3.63, 3.8) is 0 Å². The molecule has 116 valence electrons. The topological polar surface area (TPSA) is 73.1 Å². The molecule has 7 nitrogen and oxygen atoms in total. The number of hydroxylamine groups is 2. The summed E-state index contributed by atoms with van der Waals surface area (Å²) in [4.78, 5) is 24.6. The van der Waals surface area contributed by atoms with Crippen LogP contribution in [0.15, 0.2) is 18.3 Å². The summed E-state index contributed by atoms with van der Waals surface area (Å²) in [5, 5.41) is 4.92. The van der Waals surface area contributed by atoms with Crippen molar-refractivity contribution in [1.82, 2.24) is 24.8 Å². The number of carbonyl (C=O) groups is 1. The number of pyridine rings is 1. The molecule has 1 aliphatic rings. The van der Waals surface area contributed by atoms with Crippen LogP contribution in [0.1, 0.15) is 40.8 Å². The summed E-state index contributed by atoms with van der Waals surface area (Å²) in [5.41, 5.74) is 0.0768. The summed E-state index contributed by atoms with van der Waals surface area (Å²) in [6, 6.07) is 1.97. The summed E-state index contributed by atoms with van der Waals surface area (Å²) in [6.45, 7) is 0. The van der Waals surface area contributed by atoms with E-state index in [9.17, 15) is 13.6 Å². The molecular weight excluding hydrogens is 296 g/mol. The molecule has 0 fully saturated rings. The Balaban J connectivity index is 2.00. The number of fused-ring (bicyclic) bond motifs is 1. The minimum absolute atomic E-state index is 0.0112.